The fourth-order valence-electron chi connectivity index (χ4n) is 2.78. The van der Waals surface area contributed by atoms with Gasteiger partial charge in [-0.2, -0.15) is 0 Å². The molecule has 0 saturated carbocycles. The van der Waals surface area contributed by atoms with Gasteiger partial charge < -0.3 is 14.9 Å². The Kier molecular flexibility index (Phi) is 5.68. The fraction of sp³-hybridized carbons (Fsp3) is 0.647. The molecule has 0 saturated heterocycles. The molecule has 1 rings (SSSR count). The highest BCUT2D eigenvalue weighted by Gasteiger charge is 2.27. The van der Waals surface area contributed by atoms with Gasteiger partial charge in [0.2, 0.25) is 0 Å². The smallest absolute Gasteiger partial charge is 0.329 e. The molecule has 0 bridgehead atoms. The SMILES string of the molecule is CC(C)(C)c1cc(CP(=O)(O)O)cc(C(C)(C)C)c1CCO. The molecule has 0 amide bonds. The monoisotopic (exact) mass is 328 g/mol. The van der Waals surface area contributed by atoms with Gasteiger partial charge in [0.1, 0.15) is 0 Å². The fourth-order valence-corrected chi connectivity index (χ4v) is 3.44. The molecule has 0 heterocycles. The average Bonchev–Trinajstić information content (AvgIpc) is 2.26. The highest BCUT2D eigenvalue weighted by atomic mass is 31.2. The maximum absolute atomic E-state index is 11.4. The lowest BCUT2D eigenvalue weighted by Gasteiger charge is -2.31. The predicted molar refractivity (Wildman–Crippen MR) is 90.4 cm³/mol. The molecule has 0 aromatic heterocycles. The number of aliphatic hydroxyl groups excluding tert-OH is 1. The number of aliphatic hydroxyl groups is 1. The van der Waals surface area contributed by atoms with E-state index in [1.54, 1.807) is 0 Å². The first kappa shape index (κ1) is 19.4. The van der Waals surface area contributed by atoms with Crippen LogP contribution < -0.4 is 0 Å². The highest BCUT2D eigenvalue weighted by Crippen LogP contribution is 2.42. The van der Waals surface area contributed by atoms with Crippen molar-refractivity contribution in [3.05, 3.63) is 34.4 Å². The molecule has 0 atom stereocenters. The molecule has 0 aliphatic rings. The minimum Gasteiger partial charge on any atom is -0.396 e. The summed E-state index contributed by atoms with van der Waals surface area (Å²) in [7, 11) is -4.11. The summed E-state index contributed by atoms with van der Waals surface area (Å²) in [5, 5.41) is 9.43. The lowest BCUT2D eigenvalue weighted by Crippen LogP contribution is -2.22. The number of hydrogen-bond donors (Lipinski definition) is 3. The van der Waals surface area contributed by atoms with E-state index in [9.17, 15) is 19.5 Å². The van der Waals surface area contributed by atoms with Crippen LogP contribution in [0.1, 0.15) is 63.8 Å². The summed E-state index contributed by atoms with van der Waals surface area (Å²) < 4.78 is 11.4. The Morgan fingerprint density at radius 2 is 1.36 bits per heavy atom. The van der Waals surface area contributed by atoms with Crippen molar-refractivity contribution in [2.45, 2.75) is 65.0 Å². The van der Waals surface area contributed by atoms with Crippen molar-refractivity contribution in [2.24, 2.45) is 0 Å². The minimum absolute atomic E-state index is 0.0595. The average molecular weight is 328 g/mol. The zero-order valence-corrected chi connectivity index (χ0v) is 15.4. The molecule has 0 spiro atoms. The molecule has 4 nitrogen and oxygen atoms in total. The Balaban J connectivity index is 3.64. The van der Waals surface area contributed by atoms with Gasteiger partial charge in [-0.05, 0) is 39.5 Å². The second-order valence-corrected chi connectivity index (χ2v) is 9.61. The zero-order chi connectivity index (χ0) is 17.3. The molecule has 3 N–H and O–H groups in total. The second-order valence-electron chi connectivity index (χ2n) is 7.97. The van der Waals surface area contributed by atoms with Crippen LogP contribution in [0, 0.1) is 0 Å². The van der Waals surface area contributed by atoms with Crippen LogP contribution in [0.25, 0.3) is 0 Å². The molecule has 0 unspecified atom stereocenters. The van der Waals surface area contributed by atoms with Crippen LogP contribution in [-0.2, 0) is 28.0 Å². The first-order valence-corrected chi connectivity index (χ1v) is 9.37. The van der Waals surface area contributed by atoms with Crippen molar-refractivity contribution >= 4 is 7.60 Å². The lowest BCUT2D eigenvalue weighted by molar-refractivity contribution is 0.297. The molecule has 0 fully saturated rings. The van der Waals surface area contributed by atoms with E-state index in [2.05, 4.69) is 41.5 Å². The maximum atomic E-state index is 11.4. The van der Waals surface area contributed by atoms with E-state index >= 15 is 0 Å². The molecular weight excluding hydrogens is 299 g/mol. The third kappa shape index (κ3) is 5.20. The molecule has 5 heteroatoms. The minimum atomic E-state index is -4.11. The first-order chi connectivity index (χ1) is 9.75. The quantitative estimate of drug-likeness (QED) is 0.739. The van der Waals surface area contributed by atoms with Crippen molar-refractivity contribution in [3.63, 3.8) is 0 Å². The second kappa shape index (κ2) is 6.45. The largest absolute Gasteiger partial charge is 0.396 e. The lowest BCUT2D eigenvalue weighted by atomic mass is 9.74. The Morgan fingerprint density at radius 3 is 1.64 bits per heavy atom. The van der Waals surface area contributed by atoms with Gasteiger partial charge in [0.05, 0.1) is 6.16 Å². The molecule has 0 radical (unpaired) electrons. The van der Waals surface area contributed by atoms with Crippen LogP contribution in [-0.4, -0.2) is 21.5 Å². The molecule has 0 aliphatic carbocycles. The van der Waals surface area contributed by atoms with Crippen molar-refractivity contribution in [2.75, 3.05) is 6.61 Å². The van der Waals surface area contributed by atoms with Gasteiger partial charge in [-0.3, -0.25) is 4.57 Å². The van der Waals surface area contributed by atoms with Crippen LogP contribution in [0.15, 0.2) is 12.1 Å². The van der Waals surface area contributed by atoms with Crippen LogP contribution in [0.4, 0.5) is 0 Å². The summed E-state index contributed by atoms with van der Waals surface area (Å²) in [6, 6.07) is 3.78. The molecule has 126 valence electrons. The number of hydrogen-bond acceptors (Lipinski definition) is 2. The van der Waals surface area contributed by atoms with Gasteiger partial charge in [-0.15, -0.1) is 0 Å². The normalized spacial score (nSPS) is 13.5. The van der Waals surface area contributed by atoms with Crippen molar-refractivity contribution < 1.29 is 19.5 Å². The Hall–Kier alpha value is -0.670. The molecule has 1 aromatic rings. The van der Waals surface area contributed by atoms with Crippen LogP contribution in [0.2, 0.25) is 0 Å². The van der Waals surface area contributed by atoms with Gasteiger partial charge in [-0.25, -0.2) is 0 Å². The van der Waals surface area contributed by atoms with E-state index in [1.807, 2.05) is 12.1 Å². The summed E-state index contributed by atoms with van der Waals surface area (Å²) >= 11 is 0. The number of benzene rings is 1. The van der Waals surface area contributed by atoms with Gasteiger partial charge >= 0.3 is 7.60 Å². The number of rotatable bonds is 4. The molecule has 22 heavy (non-hydrogen) atoms. The maximum Gasteiger partial charge on any atom is 0.329 e. The summed E-state index contributed by atoms with van der Waals surface area (Å²) in [5.74, 6) is 0. The van der Waals surface area contributed by atoms with Gasteiger partial charge in [0.25, 0.3) is 0 Å². The third-order valence-electron chi connectivity index (χ3n) is 3.68. The van der Waals surface area contributed by atoms with E-state index in [-0.39, 0.29) is 23.6 Å². The van der Waals surface area contributed by atoms with Crippen molar-refractivity contribution in [1.29, 1.82) is 0 Å². The van der Waals surface area contributed by atoms with E-state index in [1.165, 1.54) is 0 Å². The predicted octanol–water partition coefficient (Wildman–Crippen LogP) is 3.49. The van der Waals surface area contributed by atoms with E-state index in [0.717, 1.165) is 16.7 Å². The van der Waals surface area contributed by atoms with E-state index in [4.69, 9.17) is 0 Å². The zero-order valence-electron chi connectivity index (χ0n) is 14.5. The van der Waals surface area contributed by atoms with Gasteiger partial charge in [0, 0.05) is 6.61 Å². The van der Waals surface area contributed by atoms with E-state index < -0.39 is 7.60 Å². The van der Waals surface area contributed by atoms with Crippen LogP contribution in [0.5, 0.6) is 0 Å². The van der Waals surface area contributed by atoms with Crippen LogP contribution >= 0.6 is 7.60 Å². The van der Waals surface area contributed by atoms with E-state index in [0.29, 0.717) is 12.0 Å². The van der Waals surface area contributed by atoms with Crippen LogP contribution in [0.3, 0.4) is 0 Å². The standard InChI is InChI=1S/C17H29O4P/c1-16(2,3)14-9-12(11-22(19,20)21)10-15(17(4,5)6)13(14)7-8-18/h9-10,18H,7-8,11H2,1-6H3,(H2,19,20,21). The highest BCUT2D eigenvalue weighted by molar-refractivity contribution is 7.50. The van der Waals surface area contributed by atoms with Gasteiger partial charge in [-0.1, -0.05) is 53.7 Å². The summed E-state index contributed by atoms with van der Waals surface area (Å²) in [4.78, 5) is 18.6. The molecule has 0 aliphatic heterocycles. The van der Waals surface area contributed by atoms with Crippen molar-refractivity contribution in [1.82, 2.24) is 0 Å². The summed E-state index contributed by atoms with van der Waals surface area (Å²) in [6.45, 7) is 12.5. The van der Waals surface area contributed by atoms with Gasteiger partial charge in [0.15, 0.2) is 0 Å². The van der Waals surface area contributed by atoms with Crippen molar-refractivity contribution in [3.8, 4) is 0 Å². The molecular formula is C17H29O4P. The Morgan fingerprint density at radius 1 is 0.955 bits per heavy atom. The Labute approximate surface area is 133 Å². The summed E-state index contributed by atoms with van der Waals surface area (Å²) in [5.41, 5.74) is 3.54. The molecule has 1 aromatic carbocycles. The topological polar surface area (TPSA) is 77.8 Å². The Bertz CT molecular complexity index is 538. The summed E-state index contributed by atoms with van der Waals surface area (Å²) in [6.07, 6.45) is 0.300. The third-order valence-corrected chi connectivity index (χ3v) is 4.45. The first-order valence-electron chi connectivity index (χ1n) is 7.58.